The minimum absolute atomic E-state index is 0.113. The zero-order valence-corrected chi connectivity index (χ0v) is 10.2. The molecule has 1 aromatic heterocycles. The van der Waals surface area contributed by atoms with E-state index in [1.54, 1.807) is 10.9 Å². The number of amides is 1. The van der Waals surface area contributed by atoms with Crippen molar-refractivity contribution in [3.63, 3.8) is 0 Å². The van der Waals surface area contributed by atoms with E-state index in [4.69, 9.17) is 4.74 Å². The summed E-state index contributed by atoms with van der Waals surface area (Å²) in [6, 6.07) is 1.96. The van der Waals surface area contributed by atoms with Crippen molar-refractivity contribution in [3.8, 4) is 0 Å². The van der Waals surface area contributed by atoms with Crippen LogP contribution in [0.25, 0.3) is 0 Å². The molecule has 0 aliphatic rings. The van der Waals surface area contributed by atoms with Crippen molar-refractivity contribution >= 4 is 6.09 Å². The van der Waals surface area contributed by atoms with Crippen LogP contribution in [0, 0.1) is 0 Å². The third-order valence-corrected chi connectivity index (χ3v) is 1.92. The molecule has 0 spiro atoms. The van der Waals surface area contributed by atoms with Crippen molar-refractivity contribution in [3.05, 3.63) is 18.5 Å². The Labute approximate surface area is 95.8 Å². The van der Waals surface area contributed by atoms with E-state index in [1.807, 2.05) is 40.0 Å². The highest BCUT2D eigenvalue weighted by Crippen LogP contribution is 2.07. The van der Waals surface area contributed by atoms with Crippen LogP contribution >= 0.6 is 0 Å². The molecule has 0 bridgehead atoms. The van der Waals surface area contributed by atoms with Gasteiger partial charge in [0.2, 0.25) is 0 Å². The second kappa shape index (κ2) is 5.01. The van der Waals surface area contributed by atoms with Gasteiger partial charge < -0.3 is 10.1 Å². The highest BCUT2D eigenvalue weighted by atomic mass is 16.6. The van der Waals surface area contributed by atoms with Gasteiger partial charge in [0, 0.05) is 18.9 Å². The lowest BCUT2D eigenvalue weighted by Gasteiger charge is -2.20. The lowest BCUT2D eigenvalue weighted by Crippen LogP contribution is -2.35. The van der Waals surface area contributed by atoms with Crippen LogP contribution in [0.1, 0.15) is 33.7 Å². The smallest absolute Gasteiger partial charge is 0.407 e. The molecule has 0 saturated carbocycles. The Morgan fingerprint density at radius 1 is 1.56 bits per heavy atom. The van der Waals surface area contributed by atoms with Gasteiger partial charge in [-0.1, -0.05) is 0 Å². The summed E-state index contributed by atoms with van der Waals surface area (Å²) < 4.78 is 6.91. The maximum absolute atomic E-state index is 11.4. The largest absolute Gasteiger partial charge is 0.444 e. The Hall–Kier alpha value is -1.52. The second-order valence-corrected chi connectivity index (χ2v) is 4.72. The molecule has 1 atom stereocenters. The summed E-state index contributed by atoms with van der Waals surface area (Å²) in [6.07, 6.45) is 3.18. The third-order valence-electron chi connectivity index (χ3n) is 1.92. The van der Waals surface area contributed by atoms with Crippen LogP contribution in [0.5, 0.6) is 0 Å². The van der Waals surface area contributed by atoms with E-state index < -0.39 is 11.7 Å². The number of rotatable bonds is 3. The molecule has 0 aromatic carbocycles. The van der Waals surface area contributed by atoms with Crippen molar-refractivity contribution in [2.45, 2.75) is 39.3 Å². The first-order valence-electron chi connectivity index (χ1n) is 5.34. The Morgan fingerprint density at radius 2 is 2.25 bits per heavy atom. The Morgan fingerprint density at radius 3 is 2.75 bits per heavy atom. The molecule has 1 aromatic rings. The van der Waals surface area contributed by atoms with E-state index >= 15 is 0 Å². The number of hydrogen-bond acceptors (Lipinski definition) is 3. The standard InChI is InChI=1S/C11H19N3O2/c1-9(14-7-5-6-13-14)8-12-10(15)16-11(2,3)4/h5-7,9H,8H2,1-4H3,(H,12,15)/t9-/m0/s1. The Balaban J connectivity index is 2.32. The molecule has 16 heavy (non-hydrogen) atoms. The predicted molar refractivity (Wildman–Crippen MR) is 61.2 cm³/mol. The van der Waals surface area contributed by atoms with Crippen LogP contribution < -0.4 is 5.32 Å². The van der Waals surface area contributed by atoms with Crippen LogP contribution in [0.3, 0.4) is 0 Å². The molecule has 1 amide bonds. The number of ether oxygens (including phenoxy) is 1. The topological polar surface area (TPSA) is 56.1 Å². The van der Waals surface area contributed by atoms with Crippen molar-refractivity contribution in [2.24, 2.45) is 0 Å². The van der Waals surface area contributed by atoms with Crippen LogP contribution in [0.4, 0.5) is 4.79 Å². The van der Waals surface area contributed by atoms with E-state index in [0.29, 0.717) is 6.54 Å². The number of hydrogen-bond donors (Lipinski definition) is 1. The van der Waals surface area contributed by atoms with Gasteiger partial charge in [0.15, 0.2) is 0 Å². The van der Waals surface area contributed by atoms with Crippen LogP contribution in [0.15, 0.2) is 18.5 Å². The molecule has 1 rings (SSSR count). The lowest BCUT2D eigenvalue weighted by atomic mass is 10.2. The first kappa shape index (κ1) is 12.5. The summed E-state index contributed by atoms with van der Waals surface area (Å²) in [6.45, 7) is 7.98. The van der Waals surface area contributed by atoms with E-state index in [2.05, 4.69) is 10.4 Å². The summed E-state index contributed by atoms with van der Waals surface area (Å²) in [5, 5.41) is 6.80. The monoisotopic (exact) mass is 225 g/mol. The first-order valence-corrected chi connectivity index (χ1v) is 5.34. The van der Waals surface area contributed by atoms with Gasteiger partial charge in [-0.25, -0.2) is 4.79 Å². The maximum atomic E-state index is 11.4. The minimum Gasteiger partial charge on any atom is -0.444 e. The summed E-state index contributed by atoms with van der Waals surface area (Å²) in [5.41, 5.74) is -0.459. The molecule has 0 saturated heterocycles. The normalized spacial score (nSPS) is 13.2. The van der Waals surface area contributed by atoms with E-state index in [-0.39, 0.29) is 6.04 Å². The number of alkyl carbamates (subject to hydrolysis) is 1. The van der Waals surface area contributed by atoms with E-state index in [1.165, 1.54) is 0 Å². The Kier molecular flexibility index (Phi) is 3.93. The predicted octanol–water partition coefficient (Wildman–Crippen LogP) is 1.97. The van der Waals surface area contributed by atoms with Gasteiger partial charge in [-0.3, -0.25) is 4.68 Å². The van der Waals surface area contributed by atoms with Crippen molar-refractivity contribution in [1.82, 2.24) is 15.1 Å². The average Bonchev–Trinajstić information content (AvgIpc) is 2.64. The quantitative estimate of drug-likeness (QED) is 0.855. The molecule has 0 radical (unpaired) electrons. The van der Waals surface area contributed by atoms with Gasteiger partial charge in [0.25, 0.3) is 0 Å². The van der Waals surface area contributed by atoms with Gasteiger partial charge in [-0.15, -0.1) is 0 Å². The molecular formula is C11H19N3O2. The number of nitrogens with zero attached hydrogens (tertiary/aromatic N) is 2. The zero-order valence-electron chi connectivity index (χ0n) is 10.2. The number of aromatic nitrogens is 2. The third kappa shape index (κ3) is 4.33. The van der Waals surface area contributed by atoms with E-state index in [0.717, 1.165) is 0 Å². The lowest BCUT2D eigenvalue weighted by molar-refractivity contribution is 0.0520. The van der Waals surface area contributed by atoms with Gasteiger partial charge in [0.1, 0.15) is 5.60 Å². The summed E-state index contributed by atoms with van der Waals surface area (Å²) in [5.74, 6) is 0. The fraction of sp³-hybridized carbons (Fsp3) is 0.636. The highest BCUT2D eigenvalue weighted by molar-refractivity contribution is 5.67. The van der Waals surface area contributed by atoms with Crippen molar-refractivity contribution < 1.29 is 9.53 Å². The van der Waals surface area contributed by atoms with Crippen LogP contribution in [0.2, 0.25) is 0 Å². The van der Waals surface area contributed by atoms with Crippen LogP contribution in [-0.4, -0.2) is 28.0 Å². The van der Waals surface area contributed by atoms with Gasteiger partial charge >= 0.3 is 6.09 Å². The molecule has 0 aliphatic carbocycles. The fourth-order valence-electron chi connectivity index (χ4n) is 1.18. The molecule has 0 aliphatic heterocycles. The SMILES string of the molecule is C[C@@H](CNC(=O)OC(C)(C)C)n1cccn1. The average molecular weight is 225 g/mol. The van der Waals surface area contributed by atoms with E-state index in [9.17, 15) is 4.79 Å². The van der Waals surface area contributed by atoms with Crippen LogP contribution in [-0.2, 0) is 4.74 Å². The molecular weight excluding hydrogens is 206 g/mol. The zero-order chi connectivity index (χ0) is 12.2. The molecule has 5 heteroatoms. The maximum Gasteiger partial charge on any atom is 0.407 e. The molecule has 5 nitrogen and oxygen atoms in total. The molecule has 0 fully saturated rings. The summed E-state index contributed by atoms with van der Waals surface area (Å²) >= 11 is 0. The number of carbonyl (C=O) groups is 1. The van der Waals surface area contributed by atoms with Gasteiger partial charge in [0.05, 0.1) is 6.04 Å². The van der Waals surface area contributed by atoms with Crippen molar-refractivity contribution in [2.75, 3.05) is 6.54 Å². The minimum atomic E-state index is -0.459. The van der Waals surface area contributed by atoms with Crippen molar-refractivity contribution in [1.29, 1.82) is 0 Å². The fourth-order valence-corrected chi connectivity index (χ4v) is 1.18. The van der Waals surface area contributed by atoms with Gasteiger partial charge in [-0.2, -0.15) is 5.10 Å². The summed E-state index contributed by atoms with van der Waals surface area (Å²) in [7, 11) is 0. The van der Waals surface area contributed by atoms with Gasteiger partial charge in [-0.05, 0) is 33.8 Å². The molecule has 0 unspecified atom stereocenters. The second-order valence-electron chi connectivity index (χ2n) is 4.72. The number of carbonyl (C=O) groups excluding carboxylic acids is 1. The number of nitrogens with one attached hydrogen (secondary N) is 1. The molecule has 1 heterocycles. The summed E-state index contributed by atoms with van der Waals surface area (Å²) in [4.78, 5) is 11.4. The Bertz CT molecular complexity index is 327. The highest BCUT2D eigenvalue weighted by Gasteiger charge is 2.16. The first-order chi connectivity index (χ1) is 7.38. The molecule has 1 N–H and O–H groups in total. The molecule has 90 valence electrons.